The molecule has 11 heavy (non-hydrogen) atoms. The van der Waals surface area contributed by atoms with Crippen LogP contribution in [0.3, 0.4) is 0 Å². The van der Waals surface area contributed by atoms with Gasteiger partial charge in [-0.15, -0.1) is 0 Å². The molecule has 9 N–H and O–H groups in total. The second kappa shape index (κ2) is 4.10. The molecule has 0 aliphatic carbocycles. The lowest BCUT2D eigenvalue weighted by Gasteiger charge is -2.15. The topological polar surface area (TPSA) is 160 Å². The zero-order chi connectivity index (χ0) is 9.07. The van der Waals surface area contributed by atoms with E-state index in [0.717, 1.165) is 0 Å². The van der Waals surface area contributed by atoms with Crippen LogP contribution in [-0.4, -0.2) is 17.6 Å². The quantitative estimate of drug-likeness (QED) is 0.238. The number of rotatable bonds is 4. The zero-order valence-electron chi connectivity index (χ0n) is 5.58. The lowest BCUT2D eigenvalue weighted by Crippen LogP contribution is -2.36. The van der Waals surface area contributed by atoms with Crippen molar-refractivity contribution in [3.05, 3.63) is 0 Å². The van der Waals surface area contributed by atoms with Crippen LogP contribution in [0.15, 0.2) is 0 Å². The third kappa shape index (κ3) is 6.35. The van der Waals surface area contributed by atoms with E-state index in [4.69, 9.17) is 27.8 Å². The molecule has 0 fully saturated rings. The molecule has 0 aliphatic rings. The van der Waals surface area contributed by atoms with E-state index in [1.807, 2.05) is 0 Å². The Labute approximate surface area is 63.0 Å². The Morgan fingerprint density at radius 2 is 1.36 bits per heavy atom. The molecule has 68 valence electrons. The number of hydrogen-bond acceptors (Lipinski definition) is 7. The summed E-state index contributed by atoms with van der Waals surface area (Å²) >= 11 is 0. The summed E-state index contributed by atoms with van der Waals surface area (Å²) in [5, 5.41) is 0. The first-order valence-corrected chi connectivity index (χ1v) is 4.05. The third-order valence-electron chi connectivity index (χ3n) is 0.510. The van der Waals surface area contributed by atoms with Gasteiger partial charge in [-0.3, -0.25) is 32.0 Å². The minimum absolute atomic E-state index is 1.41. The van der Waals surface area contributed by atoms with Gasteiger partial charge < -0.3 is 4.89 Å². The summed E-state index contributed by atoms with van der Waals surface area (Å²) in [6.07, 6.45) is -2.82. The van der Waals surface area contributed by atoms with E-state index in [2.05, 4.69) is 9.05 Å². The Morgan fingerprint density at radius 1 is 1.09 bits per heavy atom. The van der Waals surface area contributed by atoms with Crippen LogP contribution in [-0.2, 0) is 13.6 Å². The standard InChI is InChI=1S/C2H11N4O4P/c3-1(4)9-11(7,8)10-2(5)6/h1-2H,3-6H2,(H,7,8). The van der Waals surface area contributed by atoms with Crippen LogP contribution in [0.1, 0.15) is 0 Å². The summed E-state index contributed by atoms with van der Waals surface area (Å²) < 4.78 is 18.7. The van der Waals surface area contributed by atoms with Crippen molar-refractivity contribution in [2.45, 2.75) is 12.7 Å². The largest absolute Gasteiger partial charge is 0.477 e. The summed E-state index contributed by atoms with van der Waals surface area (Å²) in [7, 11) is -4.30. The highest BCUT2D eigenvalue weighted by molar-refractivity contribution is 7.47. The van der Waals surface area contributed by atoms with Crippen LogP contribution in [0.4, 0.5) is 0 Å². The van der Waals surface area contributed by atoms with Gasteiger partial charge in [0.05, 0.1) is 0 Å². The molecule has 0 rings (SSSR count). The molecule has 0 radical (unpaired) electrons. The van der Waals surface area contributed by atoms with Crippen molar-refractivity contribution < 1.29 is 18.5 Å². The number of phosphoric ester groups is 1. The molecule has 9 heteroatoms. The fourth-order valence-electron chi connectivity index (χ4n) is 0.332. The second-order valence-electron chi connectivity index (χ2n) is 1.61. The molecule has 0 aromatic rings. The molecule has 0 aromatic carbocycles. The maximum Gasteiger partial charge on any atom is 0.477 e. The first-order valence-electron chi connectivity index (χ1n) is 2.55. The summed E-state index contributed by atoms with van der Waals surface area (Å²) in [6.45, 7) is 0. The van der Waals surface area contributed by atoms with E-state index >= 15 is 0 Å². The Balaban J connectivity index is 3.91. The molecule has 0 amide bonds. The van der Waals surface area contributed by atoms with Crippen molar-refractivity contribution in [2.75, 3.05) is 0 Å². The van der Waals surface area contributed by atoms with Gasteiger partial charge in [-0.2, -0.15) is 0 Å². The highest BCUT2D eigenvalue weighted by atomic mass is 31.2. The number of phosphoric acid groups is 1. The van der Waals surface area contributed by atoms with E-state index < -0.39 is 20.5 Å². The van der Waals surface area contributed by atoms with Gasteiger partial charge in [-0.1, -0.05) is 0 Å². The average Bonchev–Trinajstić information content (AvgIpc) is 1.53. The average molecular weight is 186 g/mol. The predicted octanol–water partition coefficient (Wildman–Crippen LogP) is -2.48. The van der Waals surface area contributed by atoms with E-state index in [-0.39, 0.29) is 0 Å². The van der Waals surface area contributed by atoms with Crippen LogP contribution in [0.2, 0.25) is 0 Å². The van der Waals surface area contributed by atoms with Crippen LogP contribution in [0.25, 0.3) is 0 Å². The van der Waals surface area contributed by atoms with E-state index in [9.17, 15) is 4.57 Å². The molecule has 0 heterocycles. The molecule has 0 spiro atoms. The summed E-state index contributed by atoms with van der Waals surface area (Å²) in [4.78, 5) is 8.65. The predicted molar refractivity (Wildman–Crippen MR) is 36.3 cm³/mol. The van der Waals surface area contributed by atoms with Crippen LogP contribution in [0, 0.1) is 0 Å². The summed E-state index contributed by atoms with van der Waals surface area (Å²) in [5.41, 5.74) is 19.3. The molecule has 8 nitrogen and oxygen atoms in total. The fourth-order valence-corrected chi connectivity index (χ4v) is 0.997. The van der Waals surface area contributed by atoms with Gasteiger partial charge in [0.15, 0.2) is 12.7 Å². The first-order chi connectivity index (χ1) is 4.83. The Morgan fingerprint density at radius 3 is 1.55 bits per heavy atom. The summed E-state index contributed by atoms with van der Waals surface area (Å²) in [5.74, 6) is 0. The molecule has 0 saturated carbocycles. The van der Waals surface area contributed by atoms with Crippen LogP contribution in [0.5, 0.6) is 0 Å². The highest BCUT2D eigenvalue weighted by Crippen LogP contribution is 2.43. The van der Waals surface area contributed by atoms with E-state index in [1.54, 1.807) is 0 Å². The van der Waals surface area contributed by atoms with Crippen LogP contribution >= 0.6 is 7.82 Å². The van der Waals surface area contributed by atoms with Gasteiger partial charge in [0.25, 0.3) is 0 Å². The van der Waals surface area contributed by atoms with Crippen molar-refractivity contribution in [2.24, 2.45) is 22.9 Å². The van der Waals surface area contributed by atoms with E-state index in [1.165, 1.54) is 0 Å². The summed E-state index contributed by atoms with van der Waals surface area (Å²) in [6, 6.07) is 0. The Kier molecular flexibility index (Phi) is 4.08. The van der Waals surface area contributed by atoms with Crippen molar-refractivity contribution >= 4 is 7.82 Å². The molecular weight excluding hydrogens is 175 g/mol. The normalized spacial score (nSPS) is 13.0. The van der Waals surface area contributed by atoms with Crippen molar-refractivity contribution in [3.8, 4) is 0 Å². The highest BCUT2D eigenvalue weighted by Gasteiger charge is 2.24. The van der Waals surface area contributed by atoms with Crippen molar-refractivity contribution in [3.63, 3.8) is 0 Å². The van der Waals surface area contributed by atoms with Crippen LogP contribution < -0.4 is 22.9 Å². The lowest BCUT2D eigenvalue weighted by atomic mass is 11.1. The van der Waals surface area contributed by atoms with Crippen molar-refractivity contribution in [1.29, 1.82) is 0 Å². The molecule has 0 bridgehead atoms. The molecule has 0 aliphatic heterocycles. The SMILES string of the molecule is NC(N)OP(=O)(O)OC(N)N. The van der Waals surface area contributed by atoms with Gasteiger partial charge in [0.2, 0.25) is 0 Å². The van der Waals surface area contributed by atoms with Crippen molar-refractivity contribution in [1.82, 2.24) is 0 Å². The van der Waals surface area contributed by atoms with Gasteiger partial charge in [0.1, 0.15) is 0 Å². The minimum atomic E-state index is -4.30. The zero-order valence-corrected chi connectivity index (χ0v) is 6.48. The first kappa shape index (κ1) is 11.0. The number of nitrogens with two attached hydrogens (primary N) is 4. The lowest BCUT2D eigenvalue weighted by molar-refractivity contribution is 0.0826. The van der Waals surface area contributed by atoms with Gasteiger partial charge >= 0.3 is 7.82 Å². The smallest absolute Gasteiger partial charge is 0.302 e. The fraction of sp³-hybridized carbons (Fsp3) is 1.00. The second-order valence-corrected chi connectivity index (χ2v) is 2.97. The Bertz CT molecular complexity index is 146. The molecule has 0 aromatic heterocycles. The van der Waals surface area contributed by atoms with Gasteiger partial charge in [-0.05, 0) is 0 Å². The van der Waals surface area contributed by atoms with Gasteiger partial charge in [0, 0.05) is 0 Å². The molecule has 0 unspecified atom stereocenters. The molecule has 0 saturated heterocycles. The van der Waals surface area contributed by atoms with E-state index in [0.29, 0.717) is 0 Å². The maximum absolute atomic E-state index is 10.6. The minimum Gasteiger partial charge on any atom is -0.302 e. The monoisotopic (exact) mass is 186 g/mol. The third-order valence-corrected chi connectivity index (χ3v) is 1.53. The maximum atomic E-state index is 10.6. The van der Waals surface area contributed by atoms with Gasteiger partial charge in [-0.25, -0.2) is 4.57 Å². The molecular formula is C2H11N4O4P. The number of hydrogen-bond donors (Lipinski definition) is 5. The molecule has 0 atom stereocenters. The Hall–Kier alpha value is -0.0500.